The third-order valence-corrected chi connectivity index (χ3v) is 4.99. The molecule has 1 heterocycles. The lowest BCUT2D eigenvalue weighted by atomic mass is 10.0. The SMILES string of the molecule is Cc1ccc(C(C)C)cc1OC(C)C(=O)NC(C)c1ccc(-n2cncn2)cc1. The molecule has 0 aliphatic heterocycles. The minimum atomic E-state index is -0.590. The van der Waals surface area contributed by atoms with Crippen molar-refractivity contribution in [2.75, 3.05) is 0 Å². The first-order chi connectivity index (χ1) is 13.8. The maximum absolute atomic E-state index is 12.7. The molecule has 0 fully saturated rings. The monoisotopic (exact) mass is 392 g/mol. The molecule has 1 N–H and O–H groups in total. The van der Waals surface area contributed by atoms with Crippen molar-refractivity contribution in [2.24, 2.45) is 0 Å². The summed E-state index contributed by atoms with van der Waals surface area (Å²) in [5.41, 5.74) is 4.14. The zero-order valence-corrected chi connectivity index (χ0v) is 17.6. The van der Waals surface area contributed by atoms with Crippen LogP contribution in [0.1, 0.15) is 56.3 Å². The Hall–Kier alpha value is -3.15. The third kappa shape index (κ3) is 5.02. The van der Waals surface area contributed by atoms with Crippen molar-refractivity contribution >= 4 is 5.91 Å². The van der Waals surface area contributed by atoms with E-state index in [4.69, 9.17) is 4.74 Å². The average Bonchev–Trinajstić information content (AvgIpc) is 3.24. The summed E-state index contributed by atoms with van der Waals surface area (Å²) in [6.07, 6.45) is 2.56. The molecule has 0 aliphatic carbocycles. The topological polar surface area (TPSA) is 69.0 Å². The standard InChI is InChI=1S/C23H28N4O2/c1-15(2)20-7-6-16(3)22(12-20)29-18(5)23(28)26-17(4)19-8-10-21(11-9-19)27-14-24-13-25-27/h6-15,17-18H,1-5H3,(H,26,28). The highest BCUT2D eigenvalue weighted by atomic mass is 16.5. The summed E-state index contributed by atoms with van der Waals surface area (Å²) in [4.78, 5) is 16.6. The van der Waals surface area contributed by atoms with Crippen molar-refractivity contribution in [2.45, 2.75) is 52.7 Å². The number of nitrogens with one attached hydrogen (secondary N) is 1. The number of carbonyl (C=O) groups is 1. The highest BCUT2D eigenvalue weighted by Gasteiger charge is 2.19. The van der Waals surface area contributed by atoms with Crippen LogP contribution in [0.5, 0.6) is 5.75 Å². The molecule has 0 aliphatic rings. The predicted molar refractivity (Wildman–Crippen MR) is 113 cm³/mol. The van der Waals surface area contributed by atoms with Crippen molar-refractivity contribution in [3.63, 3.8) is 0 Å². The Balaban J connectivity index is 1.62. The van der Waals surface area contributed by atoms with E-state index in [1.807, 2.05) is 50.2 Å². The minimum Gasteiger partial charge on any atom is -0.481 e. The Morgan fingerprint density at radius 1 is 1.03 bits per heavy atom. The highest BCUT2D eigenvalue weighted by Crippen LogP contribution is 2.25. The van der Waals surface area contributed by atoms with Crippen LogP contribution in [0.25, 0.3) is 5.69 Å². The van der Waals surface area contributed by atoms with Gasteiger partial charge in [-0.2, -0.15) is 5.10 Å². The van der Waals surface area contributed by atoms with Gasteiger partial charge < -0.3 is 10.1 Å². The van der Waals surface area contributed by atoms with Gasteiger partial charge in [-0.1, -0.05) is 38.1 Å². The molecule has 0 radical (unpaired) electrons. The number of rotatable bonds is 7. The Morgan fingerprint density at radius 3 is 2.34 bits per heavy atom. The van der Waals surface area contributed by atoms with Crippen LogP contribution in [0, 0.1) is 6.92 Å². The van der Waals surface area contributed by atoms with E-state index in [9.17, 15) is 4.79 Å². The van der Waals surface area contributed by atoms with Crippen molar-refractivity contribution in [3.05, 3.63) is 71.8 Å². The third-order valence-electron chi connectivity index (χ3n) is 4.99. The average molecular weight is 393 g/mol. The Bertz CT molecular complexity index is 950. The lowest BCUT2D eigenvalue weighted by Crippen LogP contribution is -2.37. The van der Waals surface area contributed by atoms with E-state index in [1.165, 1.54) is 11.9 Å². The summed E-state index contributed by atoms with van der Waals surface area (Å²) >= 11 is 0. The lowest BCUT2D eigenvalue weighted by Gasteiger charge is -2.21. The Labute approximate surface area is 171 Å². The first-order valence-electron chi connectivity index (χ1n) is 9.87. The van der Waals surface area contributed by atoms with E-state index in [-0.39, 0.29) is 11.9 Å². The first kappa shape index (κ1) is 20.6. The minimum absolute atomic E-state index is 0.138. The van der Waals surface area contributed by atoms with Crippen LogP contribution in [0.4, 0.5) is 0 Å². The molecular formula is C23H28N4O2. The number of amides is 1. The number of aryl methyl sites for hydroxylation is 1. The molecule has 2 aromatic carbocycles. The molecule has 0 saturated heterocycles. The summed E-state index contributed by atoms with van der Waals surface area (Å²) in [6.45, 7) is 10.0. The van der Waals surface area contributed by atoms with Crippen LogP contribution in [-0.2, 0) is 4.79 Å². The fourth-order valence-corrected chi connectivity index (χ4v) is 3.02. The van der Waals surface area contributed by atoms with Crippen molar-refractivity contribution < 1.29 is 9.53 Å². The predicted octanol–water partition coefficient (Wildman–Crippen LogP) is 4.34. The van der Waals surface area contributed by atoms with Gasteiger partial charge in [-0.15, -0.1) is 0 Å². The van der Waals surface area contributed by atoms with E-state index in [0.717, 1.165) is 22.6 Å². The number of hydrogen-bond acceptors (Lipinski definition) is 4. The Morgan fingerprint density at radius 2 is 1.72 bits per heavy atom. The number of ether oxygens (including phenoxy) is 1. The maximum atomic E-state index is 12.7. The van der Waals surface area contributed by atoms with Gasteiger partial charge in [0.2, 0.25) is 0 Å². The van der Waals surface area contributed by atoms with Crippen LogP contribution in [0.3, 0.4) is 0 Å². The molecule has 2 atom stereocenters. The second-order valence-corrected chi connectivity index (χ2v) is 7.60. The van der Waals surface area contributed by atoms with Gasteiger partial charge >= 0.3 is 0 Å². The van der Waals surface area contributed by atoms with Crippen LogP contribution in [0.2, 0.25) is 0 Å². The molecule has 6 nitrogen and oxygen atoms in total. The molecule has 152 valence electrons. The van der Waals surface area contributed by atoms with Crippen LogP contribution in [-0.4, -0.2) is 26.8 Å². The Kier molecular flexibility index (Phi) is 6.32. The van der Waals surface area contributed by atoms with E-state index in [2.05, 4.69) is 35.3 Å². The van der Waals surface area contributed by atoms with Gasteiger partial charge in [-0.25, -0.2) is 9.67 Å². The fraction of sp³-hybridized carbons (Fsp3) is 0.348. The summed E-state index contributed by atoms with van der Waals surface area (Å²) in [5, 5.41) is 7.14. The summed E-state index contributed by atoms with van der Waals surface area (Å²) in [7, 11) is 0. The molecule has 3 rings (SSSR count). The van der Waals surface area contributed by atoms with E-state index in [1.54, 1.807) is 17.9 Å². The van der Waals surface area contributed by atoms with Gasteiger partial charge in [-0.05, 0) is 61.6 Å². The molecular weight excluding hydrogens is 364 g/mol. The smallest absolute Gasteiger partial charge is 0.261 e. The second-order valence-electron chi connectivity index (χ2n) is 7.60. The van der Waals surface area contributed by atoms with Gasteiger partial charge in [0.1, 0.15) is 18.4 Å². The van der Waals surface area contributed by atoms with Crippen molar-refractivity contribution in [3.8, 4) is 11.4 Å². The number of hydrogen-bond donors (Lipinski definition) is 1. The number of carbonyl (C=O) groups excluding carboxylic acids is 1. The van der Waals surface area contributed by atoms with Gasteiger partial charge in [0.25, 0.3) is 5.91 Å². The molecule has 3 aromatic rings. The van der Waals surface area contributed by atoms with Gasteiger partial charge in [-0.3, -0.25) is 4.79 Å². The fourth-order valence-electron chi connectivity index (χ4n) is 3.02. The number of nitrogens with zero attached hydrogens (tertiary/aromatic N) is 3. The quantitative estimate of drug-likeness (QED) is 0.649. The number of aromatic nitrogens is 3. The number of benzene rings is 2. The normalized spacial score (nSPS) is 13.2. The second kappa shape index (κ2) is 8.90. The zero-order valence-electron chi connectivity index (χ0n) is 17.6. The highest BCUT2D eigenvalue weighted by molar-refractivity contribution is 5.81. The van der Waals surface area contributed by atoms with E-state index >= 15 is 0 Å². The van der Waals surface area contributed by atoms with Gasteiger partial charge in [0.15, 0.2) is 6.10 Å². The zero-order chi connectivity index (χ0) is 21.0. The summed E-state index contributed by atoms with van der Waals surface area (Å²) < 4.78 is 7.66. The molecule has 0 saturated carbocycles. The lowest BCUT2D eigenvalue weighted by molar-refractivity contribution is -0.127. The summed E-state index contributed by atoms with van der Waals surface area (Å²) in [6, 6.07) is 13.9. The largest absolute Gasteiger partial charge is 0.481 e. The molecule has 1 aromatic heterocycles. The van der Waals surface area contributed by atoms with Gasteiger partial charge in [0.05, 0.1) is 11.7 Å². The van der Waals surface area contributed by atoms with E-state index in [0.29, 0.717) is 5.92 Å². The van der Waals surface area contributed by atoms with E-state index < -0.39 is 6.10 Å². The molecule has 29 heavy (non-hydrogen) atoms. The summed E-state index contributed by atoms with van der Waals surface area (Å²) in [5.74, 6) is 1.01. The molecule has 0 bridgehead atoms. The van der Waals surface area contributed by atoms with Crippen LogP contribution < -0.4 is 10.1 Å². The molecule has 0 spiro atoms. The van der Waals surface area contributed by atoms with Gasteiger partial charge in [0, 0.05) is 0 Å². The first-order valence-corrected chi connectivity index (χ1v) is 9.87. The van der Waals surface area contributed by atoms with Crippen molar-refractivity contribution in [1.29, 1.82) is 0 Å². The van der Waals surface area contributed by atoms with Crippen LogP contribution >= 0.6 is 0 Å². The molecule has 1 amide bonds. The molecule has 2 unspecified atom stereocenters. The van der Waals surface area contributed by atoms with Crippen molar-refractivity contribution in [1.82, 2.24) is 20.1 Å². The maximum Gasteiger partial charge on any atom is 0.261 e. The molecule has 6 heteroatoms. The van der Waals surface area contributed by atoms with Crippen LogP contribution in [0.15, 0.2) is 55.1 Å².